The van der Waals surface area contributed by atoms with Gasteiger partial charge in [-0.25, -0.2) is 0 Å². The van der Waals surface area contributed by atoms with Crippen LogP contribution in [0.25, 0.3) is 0 Å². The van der Waals surface area contributed by atoms with Gasteiger partial charge in [-0.2, -0.15) is 0 Å². The van der Waals surface area contributed by atoms with Crippen molar-refractivity contribution < 1.29 is 14.3 Å². The van der Waals surface area contributed by atoms with Gasteiger partial charge < -0.3 is 15.0 Å². The van der Waals surface area contributed by atoms with Gasteiger partial charge in [0.1, 0.15) is 5.75 Å². The van der Waals surface area contributed by atoms with Gasteiger partial charge in [0.2, 0.25) is 11.8 Å². The van der Waals surface area contributed by atoms with E-state index in [2.05, 4.69) is 54.2 Å². The first-order valence-electron chi connectivity index (χ1n) is 9.66. The van der Waals surface area contributed by atoms with Gasteiger partial charge in [-0.05, 0) is 51.9 Å². The highest BCUT2D eigenvalue weighted by atomic mass is 79.9. The van der Waals surface area contributed by atoms with Gasteiger partial charge in [0.25, 0.3) is 0 Å². The minimum absolute atomic E-state index is 0.0249. The predicted octanol–water partition coefficient (Wildman–Crippen LogP) is 3.64. The lowest BCUT2D eigenvalue weighted by molar-refractivity contribution is -0.131. The summed E-state index contributed by atoms with van der Waals surface area (Å²) in [5.74, 6) is 1.09. The molecule has 1 aromatic rings. The molecule has 5 nitrogen and oxygen atoms in total. The van der Waals surface area contributed by atoms with Crippen molar-refractivity contribution in [3.63, 3.8) is 0 Å². The number of likely N-dealkylation sites (tertiary alicyclic amines) is 1. The molecule has 27 heavy (non-hydrogen) atoms. The summed E-state index contributed by atoms with van der Waals surface area (Å²) in [6.45, 7) is 9.22. The maximum Gasteiger partial charge on any atom is 0.222 e. The number of nitrogens with zero attached hydrogens (tertiary/aromatic N) is 1. The third-order valence-corrected chi connectivity index (χ3v) is 6.20. The smallest absolute Gasteiger partial charge is 0.222 e. The Kier molecular flexibility index (Phi) is 5.84. The fraction of sp³-hybridized carbons (Fsp3) is 0.619. The summed E-state index contributed by atoms with van der Waals surface area (Å²) >= 11 is 3.58. The Bertz CT molecular complexity index is 729. The molecule has 0 aliphatic carbocycles. The molecule has 2 aliphatic rings. The molecule has 148 valence electrons. The van der Waals surface area contributed by atoms with Crippen LogP contribution in [0.1, 0.15) is 52.0 Å². The highest BCUT2D eigenvalue weighted by molar-refractivity contribution is 9.10. The number of ether oxygens (including phenoxy) is 1. The van der Waals surface area contributed by atoms with E-state index in [1.54, 1.807) is 0 Å². The Balaban J connectivity index is 1.43. The topological polar surface area (TPSA) is 58.6 Å². The molecule has 2 saturated heterocycles. The van der Waals surface area contributed by atoms with Crippen LogP contribution in [0.4, 0.5) is 0 Å². The Morgan fingerprint density at radius 3 is 2.78 bits per heavy atom. The first-order chi connectivity index (χ1) is 12.7. The van der Waals surface area contributed by atoms with E-state index in [4.69, 9.17) is 4.74 Å². The third kappa shape index (κ3) is 4.84. The lowest BCUT2D eigenvalue weighted by atomic mass is 9.86. The van der Waals surface area contributed by atoms with Crippen LogP contribution in [0.3, 0.4) is 0 Å². The summed E-state index contributed by atoms with van der Waals surface area (Å²) in [7, 11) is 0. The minimum atomic E-state index is -0.0249. The molecule has 2 fully saturated rings. The fourth-order valence-corrected chi connectivity index (χ4v) is 4.33. The monoisotopic (exact) mass is 436 g/mol. The number of nitrogens with one attached hydrogen (secondary N) is 1. The number of hydrogen-bond donors (Lipinski definition) is 1. The van der Waals surface area contributed by atoms with Crippen LogP contribution in [0.5, 0.6) is 5.75 Å². The summed E-state index contributed by atoms with van der Waals surface area (Å²) in [4.78, 5) is 25.9. The van der Waals surface area contributed by atoms with Gasteiger partial charge in [-0.1, -0.05) is 26.8 Å². The number of hydrogen-bond acceptors (Lipinski definition) is 3. The van der Waals surface area contributed by atoms with Gasteiger partial charge in [-0.3, -0.25) is 9.59 Å². The molecule has 0 aromatic heterocycles. The van der Waals surface area contributed by atoms with E-state index in [0.717, 1.165) is 23.2 Å². The van der Waals surface area contributed by atoms with Gasteiger partial charge in [0.15, 0.2) is 0 Å². The molecule has 1 unspecified atom stereocenters. The fourth-order valence-electron chi connectivity index (χ4n) is 3.84. The molecule has 1 atom stereocenters. The molecule has 1 N–H and O–H groups in total. The van der Waals surface area contributed by atoms with Crippen LogP contribution in [0, 0.1) is 5.41 Å². The van der Waals surface area contributed by atoms with Crippen molar-refractivity contribution in [1.29, 1.82) is 0 Å². The SMILES string of the molecule is CC(C)(C)c1ccc(OCCCC(=O)N2CCC3(CNC(=O)C3)C2)c(Br)c1. The summed E-state index contributed by atoms with van der Waals surface area (Å²) in [5, 5.41) is 2.90. The van der Waals surface area contributed by atoms with Crippen molar-refractivity contribution in [1.82, 2.24) is 10.2 Å². The maximum atomic E-state index is 12.5. The number of benzene rings is 1. The van der Waals surface area contributed by atoms with Crippen LogP contribution in [0.15, 0.2) is 22.7 Å². The molecule has 2 aliphatic heterocycles. The molecule has 3 rings (SSSR count). The zero-order valence-corrected chi connectivity index (χ0v) is 18.0. The summed E-state index contributed by atoms with van der Waals surface area (Å²) in [5.41, 5.74) is 1.32. The van der Waals surface area contributed by atoms with Crippen molar-refractivity contribution >= 4 is 27.7 Å². The maximum absolute atomic E-state index is 12.5. The number of rotatable bonds is 5. The van der Waals surface area contributed by atoms with E-state index in [9.17, 15) is 9.59 Å². The third-order valence-electron chi connectivity index (χ3n) is 5.58. The quantitative estimate of drug-likeness (QED) is 0.716. The Hall–Kier alpha value is -1.56. The Morgan fingerprint density at radius 1 is 1.37 bits per heavy atom. The van der Waals surface area contributed by atoms with Crippen molar-refractivity contribution in [3.8, 4) is 5.75 Å². The number of carbonyl (C=O) groups is 2. The summed E-state index contributed by atoms with van der Waals surface area (Å²) in [6.07, 6.45) is 2.64. The number of carbonyl (C=O) groups excluding carboxylic acids is 2. The van der Waals surface area contributed by atoms with Crippen molar-refractivity contribution in [3.05, 3.63) is 28.2 Å². The molecule has 2 heterocycles. The van der Waals surface area contributed by atoms with Crippen LogP contribution in [-0.4, -0.2) is 43.0 Å². The molecule has 0 radical (unpaired) electrons. The second-order valence-corrected chi connectivity index (χ2v) is 9.72. The summed E-state index contributed by atoms with van der Waals surface area (Å²) in [6, 6.07) is 6.17. The first-order valence-corrected chi connectivity index (χ1v) is 10.5. The second-order valence-electron chi connectivity index (χ2n) is 8.87. The minimum Gasteiger partial charge on any atom is -0.492 e. The predicted molar refractivity (Wildman–Crippen MR) is 109 cm³/mol. The van der Waals surface area contributed by atoms with Crippen molar-refractivity contribution in [2.45, 2.75) is 51.9 Å². The highest BCUT2D eigenvalue weighted by Gasteiger charge is 2.44. The normalized spacial score (nSPS) is 22.4. The molecule has 1 aromatic carbocycles. The van der Waals surface area contributed by atoms with E-state index in [1.165, 1.54) is 5.56 Å². The van der Waals surface area contributed by atoms with Crippen molar-refractivity contribution in [2.75, 3.05) is 26.2 Å². The lowest BCUT2D eigenvalue weighted by Crippen LogP contribution is -2.33. The molecule has 1 spiro atoms. The molecule has 0 saturated carbocycles. The molecular weight excluding hydrogens is 408 g/mol. The van der Waals surface area contributed by atoms with Crippen LogP contribution < -0.4 is 10.1 Å². The van der Waals surface area contributed by atoms with Gasteiger partial charge in [0.05, 0.1) is 11.1 Å². The van der Waals surface area contributed by atoms with Gasteiger partial charge >= 0.3 is 0 Å². The zero-order valence-electron chi connectivity index (χ0n) is 16.4. The van der Waals surface area contributed by atoms with E-state index in [0.29, 0.717) is 39.0 Å². The Morgan fingerprint density at radius 2 is 2.15 bits per heavy atom. The summed E-state index contributed by atoms with van der Waals surface area (Å²) < 4.78 is 6.80. The average Bonchev–Trinajstić information content (AvgIpc) is 3.18. The molecule has 0 bridgehead atoms. The van der Waals surface area contributed by atoms with Crippen molar-refractivity contribution in [2.24, 2.45) is 5.41 Å². The van der Waals surface area contributed by atoms with E-state index < -0.39 is 0 Å². The van der Waals surface area contributed by atoms with Crippen LogP contribution in [-0.2, 0) is 15.0 Å². The highest BCUT2D eigenvalue weighted by Crippen LogP contribution is 2.37. The molecule has 2 amide bonds. The van der Waals surface area contributed by atoms with Crippen LogP contribution in [0.2, 0.25) is 0 Å². The van der Waals surface area contributed by atoms with E-state index in [1.807, 2.05) is 11.0 Å². The molecule has 6 heteroatoms. The average molecular weight is 437 g/mol. The van der Waals surface area contributed by atoms with E-state index >= 15 is 0 Å². The second kappa shape index (κ2) is 7.82. The zero-order chi connectivity index (χ0) is 19.7. The van der Waals surface area contributed by atoms with E-state index in [-0.39, 0.29) is 22.6 Å². The first kappa shape index (κ1) is 20.2. The largest absolute Gasteiger partial charge is 0.492 e. The number of halogens is 1. The standard InChI is InChI=1S/C21H29BrN2O3/c1-20(2,3)15-6-7-17(16(22)11-15)27-10-4-5-19(26)24-9-8-21(14-24)12-18(25)23-13-21/h6-7,11H,4-5,8-10,12-14H2,1-3H3,(H,23,25). The number of amides is 2. The Labute approximate surface area is 170 Å². The molecular formula is C21H29BrN2O3. The van der Waals surface area contributed by atoms with Gasteiger partial charge in [-0.15, -0.1) is 0 Å². The van der Waals surface area contributed by atoms with Crippen LogP contribution >= 0.6 is 15.9 Å². The van der Waals surface area contributed by atoms with Gasteiger partial charge in [0, 0.05) is 37.9 Å². The lowest BCUT2D eigenvalue weighted by Gasteiger charge is -2.22.